The number of nitrogens with zero attached hydrogens (tertiary/aromatic N) is 3. The lowest BCUT2D eigenvalue weighted by molar-refractivity contribution is 0.00578. The molecule has 1 atom stereocenters. The zero-order chi connectivity index (χ0) is 16.9. The van der Waals surface area contributed by atoms with Gasteiger partial charge in [-0.3, -0.25) is 4.90 Å². The molecule has 1 unspecified atom stereocenters. The standard InChI is InChI=1S/C18H28BN3O2/c1-17(2)18(3,4)24-19(23-17)14-7-8-16(20-12-14)22-11-10-21-9-5-6-15(21)13-22/h7-8,12,15H,5-6,9-11,13H2,1-4H3. The van der Waals surface area contributed by atoms with Crippen molar-refractivity contribution in [3.05, 3.63) is 18.3 Å². The highest BCUT2D eigenvalue weighted by molar-refractivity contribution is 6.62. The van der Waals surface area contributed by atoms with E-state index in [1.54, 1.807) is 0 Å². The number of aromatic nitrogens is 1. The second-order valence-corrected chi connectivity index (χ2v) is 8.32. The summed E-state index contributed by atoms with van der Waals surface area (Å²) in [4.78, 5) is 9.74. The van der Waals surface area contributed by atoms with Gasteiger partial charge < -0.3 is 14.2 Å². The molecule has 4 heterocycles. The first kappa shape index (κ1) is 16.4. The Kier molecular flexibility index (Phi) is 3.90. The van der Waals surface area contributed by atoms with Gasteiger partial charge in [0.1, 0.15) is 5.82 Å². The highest BCUT2D eigenvalue weighted by Gasteiger charge is 2.51. The molecule has 0 aliphatic carbocycles. The summed E-state index contributed by atoms with van der Waals surface area (Å²) in [5.74, 6) is 1.07. The van der Waals surface area contributed by atoms with Gasteiger partial charge in [-0.2, -0.15) is 0 Å². The van der Waals surface area contributed by atoms with Crippen LogP contribution in [-0.2, 0) is 9.31 Å². The molecular weight excluding hydrogens is 301 g/mol. The van der Waals surface area contributed by atoms with Gasteiger partial charge in [-0.1, -0.05) is 6.07 Å². The molecule has 0 amide bonds. The summed E-state index contributed by atoms with van der Waals surface area (Å²) in [5.41, 5.74) is 0.376. The van der Waals surface area contributed by atoms with Crippen molar-refractivity contribution in [3.8, 4) is 0 Å². The van der Waals surface area contributed by atoms with Crippen molar-refractivity contribution < 1.29 is 9.31 Å². The Morgan fingerprint density at radius 3 is 2.50 bits per heavy atom. The van der Waals surface area contributed by atoms with Crippen LogP contribution in [0.2, 0.25) is 0 Å². The van der Waals surface area contributed by atoms with Gasteiger partial charge in [0, 0.05) is 37.3 Å². The fourth-order valence-corrected chi connectivity index (χ4v) is 3.90. The van der Waals surface area contributed by atoms with Crippen LogP contribution in [0, 0.1) is 0 Å². The van der Waals surface area contributed by atoms with Crippen LogP contribution in [0.25, 0.3) is 0 Å². The van der Waals surface area contributed by atoms with Crippen LogP contribution in [0.4, 0.5) is 5.82 Å². The number of fused-ring (bicyclic) bond motifs is 1. The van der Waals surface area contributed by atoms with E-state index in [0.717, 1.165) is 30.9 Å². The lowest BCUT2D eigenvalue weighted by Gasteiger charge is -2.38. The van der Waals surface area contributed by atoms with E-state index in [4.69, 9.17) is 14.3 Å². The SMILES string of the molecule is CC1(C)OB(c2ccc(N3CCN4CCCC4C3)nc2)OC1(C)C. The molecule has 24 heavy (non-hydrogen) atoms. The van der Waals surface area contributed by atoms with Crippen LogP contribution in [0.3, 0.4) is 0 Å². The molecule has 130 valence electrons. The van der Waals surface area contributed by atoms with E-state index >= 15 is 0 Å². The maximum atomic E-state index is 6.11. The highest BCUT2D eigenvalue weighted by atomic mass is 16.7. The molecule has 3 aliphatic heterocycles. The Morgan fingerprint density at radius 2 is 1.83 bits per heavy atom. The summed E-state index contributed by atoms with van der Waals surface area (Å²) in [6, 6.07) is 4.93. The van der Waals surface area contributed by atoms with Gasteiger partial charge >= 0.3 is 7.12 Å². The van der Waals surface area contributed by atoms with E-state index < -0.39 is 0 Å². The average Bonchev–Trinajstić information content (AvgIpc) is 3.09. The molecule has 0 bridgehead atoms. The lowest BCUT2D eigenvalue weighted by Crippen LogP contribution is -2.50. The largest absolute Gasteiger partial charge is 0.496 e. The van der Waals surface area contributed by atoms with E-state index in [1.807, 2.05) is 6.20 Å². The first-order valence-electron chi connectivity index (χ1n) is 9.16. The van der Waals surface area contributed by atoms with Gasteiger partial charge in [0.2, 0.25) is 0 Å². The summed E-state index contributed by atoms with van der Waals surface area (Å²) < 4.78 is 12.2. The average molecular weight is 329 g/mol. The van der Waals surface area contributed by atoms with Crippen LogP contribution < -0.4 is 10.4 Å². The highest BCUT2D eigenvalue weighted by Crippen LogP contribution is 2.36. The Hall–Kier alpha value is -1.11. The Labute approximate surface area is 145 Å². The summed E-state index contributed by atoms with van der Waals surface area (Å²) in [5, 5.41) is 0. The number of hydrogen-bond acceptors (Lipinski definition) is 5. The predicted octanol–water partition coefficient (Wildman–Crippen LogP) is 1.67. The zero-order valence-corrected chi connectivity index (χ0v) is 15.3. The molecule has 1 aromatic heterocycles. The van der Waals surface area contributed by atoms with Crippen molar-refractivity contribution in [1.82, 2.24) is 9.88 Å². The minimum absolute atomic E-state index is 0.310. The van der Waals surface area contributed by atoms with Gasteiger partial charge in [-0.15, -0.1) is 0 Å². The first-order chi connectivity index (χ1) is 11.4. The fourth-order valence-electron chi connectivity index (χ4n) is 3.90. The topological polar surface area (TPSA) is 37.8 Å². The summed E-state index contributed by atoms with van der Waals surface area (Å²) >= 11 is 0. The minimum atomic E-state index is -0.330. The number of rotatable bonds is 2. The van der Waals surface area contributed by atoms with Gasteiger partial charge in [0.25, 0.3) is 0 Å². The minimum Gasteiger partial charge on any atom is -0.399 e. The van der Waals surface area contributed by atoms with E-state index in [9.17, 15) is 0 Å². The van der Waals surface area contributed by atoms with E-state index in [0.29, 0.717) is 6.04 Å². The van der Waals surface area contributed by atoms with E-state index in [-0.39, 0.29) is 18.3 Å². The molecule has 4 rings (SSSR count). The molecular formula is C18H28BN3O2. The van der Waals surface area contributed by atoms with Crippen LogP contribution in [-0.4, -0.2) is 60.4 Å². The second kappa shape index (κ2) is 5.72. The molecule has 3 fully saturated rings. The first-order valence-corrected chi connectivity index (χ1v) is 9.16. The fraction of sp³-hybridized carbons (Fsp3) is 0.722. The molecule has 3 aliphatic rings. The van der Waals surface area contributed by atoms with Crippen LogP contribution >= 0.6 is 0 Å². The molecule has 0 radical (unpaired) electrons. The Morgan fingerprint density at radius 1 is 1.08 bits per heavy atom. The predicted molar refractivity (Wildman–Crippen MR) is 96.8 cm³/mol. The number of pyridine rings is 1. The second-order valence-electron chi connectivity index (χ2n) is 8.32. The maximum Gasteiger partial charge on any atom is 0.496 e. The van der Waals surface area contributed by atoms with Crippen molar-refractivity contribution in [2.45, 2.75) is 57.8 Å². The van der Waals surface area contributed by atoms with Crippen molar-refractivity contribution in [2.24, 2.45) is 0 Å². The van der Waals surface area contributed by atoms with Gasteiger partial charge in [0.15, 0.2) is 0 Å². The van der Waals surface area contributed by atoms with Gasteiger partial charge in [-0.05, 0) is 53.1 Å². The third kappa shape index (κ3) is 2.74. The smallest absolute Gasteiger partial charge is 0.399 e. The van der Waals surface area contributed by atoms with E-state index in [1.165, 1.54) is 19.4 Å². The molecule has 0 saturated carbocycles. The van der Waals surface area contributed by atoms with Crippen molar-refractivity contribution in [3.63, 3.8) is 0 Å². The molecule has 0 spiro atoms. The summed E-state index contributed by atoms with van der Waals surface area (Å²) in [6.07, 6.45) is 4.58. The molecule has 1 aromatic rings. The van der Waals surface area contributed by atoms with Crippen molar-refractivity contribution in [2.75, 3.05) is 31.1 Å². The quantitative estimate of drug-likeness (QED) is 0.772. The van der Waals surface area contributed by atoms with Crippen LogP contribution in [0.1, 0.15) is 40.5 Å². The van der Waals surface area contributed by atoms with Crippen LogP contribution in [0.15, 0.2) is 18.3 Å². The number of hydrogen-bond donors (Lipinski definition) is 0. The summed E-state index contributed by atoms with van der Waals surface area (Å²) in [7, 11) is -0.330. The lowest BCUT2D eigenvalue weighted by atomic mass is 9.80. The van der Waals surface area contributed by atoms with Crippen LogP contribution in [0.5, 0.6) is 0 Å². The van der Waals surface area contributed by atoms with E-state index in [2.05, 4.69) is 49.6 Å². The monoisotopic (exact) mass is 329 g/mol. The third-order valence-corrected chi connectivity index (χ3v) is 6.21. The third-order valence-electron chi connectivity index (χ3n) is 6.21. The van der Waals surface area contributed by atoms with Gasteiger partial charge in [-0.25, -0.2) is 4.98 Å². The molecule has 0 aromatic carbocycles. The molecule has 6 heteroatoms. The van der Waals surface area contributed by atoms with Crippen molar-refractivity contribution >= 4 is 18.4 Å². The summed E-state index contributed by atoms with van der Waals surface area (Å²) in [6.45, 7) is 12.9. The number of piperazine rings is 1. The Balaban J connectivity index is 1.46. The maximum absolute atomic E-state index is 6.11. The molecule has 3 saturated heterocycles. The normalized spacial score (nSPS) is 29.1. The van der Waals surface area contributed by atoms with Crippen molar-refractivity contribution in [1.29, 1.82) is 0 Å². The number of anilines is 1. The van der Waals surface area contributed by atoms with Gasteiger partial charge in [0.05, 0.1) is 11.2 Å². The zero-order valence-electron chi connectivity index (χ0n) is 15.3. The molecule has 5 nitrogen and oxygen atoms in total. The Bertz CT molecular complexity index is 589. The molecule has 0 N–H and O–H groups in total.